The Morgan fingerprint density at radius 1 is 1.04 bits per heavy atom. The number of aryl methyl sites for hydroxylation is 1. The number of rotatable bonds is 4. The molecule has 0 spiro atoms. The minimum atomic E-state index is -0.281. The first-order valence-corrected chi connectivity index (χ1v) is 8.61. The average molecular weight is 360 g/mol. The van der Waals surface area contributed by atoms with E-state index in [2.05, 4.69) is 0 Å². The lowest BCUT2D eigenvalue weighted by molar-refractivity contribution is 0.101. The lowest BCUT2D eigenvalue weighted by Crippen LogP contribution is -1.98. The summed E-state index contributed by atoms with van der Waals surface area (Å²) in [5.74, 6) is 0.948. The van der Waals surface area contributed by atoms with E-state index < -0.39 is 0 Å². The maximum absolute atomic E-state index is 13.0. The molecule has 3 aromatic rings. The smallest absolute Gasteiger partial charge is 0.231 e. The molecule has 0 aromatic heterocycles. The highest BCUT2D eigenvalue weighted by molar-refractivity contribution is 6.14. The molecule has 0 aliphatic carbocycles. The molecule has 0 atom stereocenters. The number of allylic oxidation sites excluding steroid dienone is 1. The molecule has 0 amide bonds. The molecule has 1 aliphatic heterocycles. The van der Waals surface area contributed by atoms with Crippen LogP contribution < -0.4 is 9.47 Å². The van der Waals surface area contributed by atoms with Gasteiger partial charge >= 0.3 is 0 Å². The Labute approximate surface area is 156 Å². The van der Waals surface area contributed by atoms with Gasteiger partial charge in [0.25, 0.3) is 0 Å². The summed E-state index contributed by atoms with van der Waals surface area (Å²) in [6.07, 6.45) is 1.76. The third kappa shape index (κ3) is 3.60. The fourth-order valence-corrected chi connectivity index (χ4v) is 2.89. The molecular formula is C23H17FO3. The van der Waals surface area contributed by atoms with Gasteiger partial charge in [0.2, 0.25) is 5.78 Å². The molecule has 27 heavy (non-hydrogen) atoms. The third-order valence-electron chi connectivity index (χ3n) is 4.44. The van der Waals surface area contributed by atoms with Gasteiger partial charge in [0.1, 0.15) is 23.9 Å². The number of carbonyl (C=O) groups excluding carboxylic acids is 1. The predicted molar refractivity (Wildman–Crippen MR) is 101 cm³/mol. The topological polar surface area (TPSA) is 35.5 Å². The van der Waals surface area contributed by atoms with E-state index in [-0.39, 0.29) is 11.6 Å². The largest absolute Gasteiger partial charge is 0.489 e. The molecular weight excluding hydrogens is 343 g/mol. The monoisotopic (exact) mass is 360 g/mol. The van der Waals surface area contributed by atoms with E-state index in [4.69, 9.17) is 9.47 Å². The number of Topliss-reactive ketones (excluding diaryl/α,β-unsaturated/α-hetero) is 1. The van der Waals surface area contributed by atoms with Gasteiger partial charge in [0.05, 0.1) is 5.56 Å². The molecule has 1 aliphatic rings. The number of benzene rings is 3. The number of fused-ring (bicyclic) bond motifs is 1. The van der Waals surface area contributed by atoms with Crippen LogP contribution in [0.25, 0.3) is 6.08 Å². The first-order chi connectivity index (χ1) is 13.1. The second-order valence-electron chi connectivity index (χ2n) is 6.37. The van der Waals surface area contributed by atoms with Crippen molar-refractivity contribution < 1.29 is 18.7 Å². The second kappa shape index (κ2) is 7.08. The summed E-state index contributed by atoms with van der Waals surface area (Å²) >= 11 is 0. The maximum Gasteiger partial charge on any atom is 0.231 e. The van der Waals surface area contributed by atoms with E-state index in [1.807, 2.05) is 31.2 Å². The van der Waals surface area contributed by atoms with Gasteiger partial charge in [0, 0.05) is 6.07 Å². The van der Waals surface area contributed by atoms with Gasteiger partial charge in [-0.15, -0.1) is 0 Å². The summed E-state index contributed by atoms with van der Waals surface area (Å²) in [6, 6.07) is 19.1. The molecule has 1 heterocycles. The summed E-state index contributed by atoms with van der Waals surface area (Å²) in [5.41, 5.74) is 3.39. The molecule has 0 N–H and O–H groups in total. The summed E-state index contributed by atoms with van der Waals surface area (Å²) in [4.78, 5) is 12.6. The van der Waals surface area contributed by atoms with Crippen molar-refractivity contribution in [3.8, 4) is 11.5 Å². The third-order valence-corrected chi connectivity index (χ3v) is 4.44. The molecule has 3 aromatic carbocycles. The maximum atomic E-state index is 13.0. The van der Waals surface area contributed by atoms with E-state index in [9.17, 15) is 9.18 Å². The Balaban J connectivity index is 1.52. The van der Waals surface area contributed by atoms with Crippen LogP contribution >= 0.6 is 0 Å². The Morgan fingerprint density at radius 3 is 2.59 bits per heavy atom. The van der Waals surface area contributed by atoms with Gasteiger partial charge in [-0.1, -0.05) is 36.4 Å². The standard InChI is InChI=1S/C23H17FO3/c1-15-4-2-3-5-17(15)12-22-23(25)20-11-10-19(13-21(20)27-22)26-14-16-6-8-18(24)9-7-16/h2-13H,14H2,1H3/b22-12-. The van der Waals surface area contributed by atoms with E-state index in [1.54, 1.807) is 36.4 Å². The van der Waals surface area contributed by atoms with Crippen molar-refractivity contribution in [2.45, 2.75) is 13.5 Å². The minimum absolute atomic E-state index is 0.140. The van der Waals surface area contributed by atoms with Crippen LogP contribution in [0.3, 0.4) is 0 Å². The van der Waals surface area contributed by atoms with Crippen molar-refractivity contribution in [3.63, 3.8) is 0 Å². The second-order valence-corrected chi connectivity index (χ2v) is 6.37. The van der Waals surface area contributed by atoms with Crippen molar-refractivity contribution in [2.75, 3.05) is 0 Å². The molecule has 0 unspecified atom stereocenters. The van der Waals surface area contributed by atoms with Crippen molar-refractivity contribution in [2.24, 2.45) is 0 Å². The van der Waals surface area contributed by atoms with Gasteiger partial charge in [-0.25, -0.2) is 4.39 Å². The molecule has 3 nitrogen and oxygen atoms in total. The average Bonchev–Trinajstić information content (AvgIpc) is 2.98. The number of hydrogen-bond acceptors (Lipinski definition) is 3. The van der Waals surface area contributed by atoms with Crippen LogP contribution in [0.4, 0.5) is 4.39 Å². The molecule has 0 bridgehead atoms. The lowest BCUT2D eigenvalue weighted by Gasteiger charge is -2.07. The Hall–Kier alpha value is -3.40. The quantitative estimate of drug-likeness (QED) is 0.590. The SMILES string of the molecule is Cc1ccccc1/C=C1\Oc2cc(OCc3ccc(F)cc3)ccc2C1=O. The van der Waals surface area contributed by atoms with E-state index >= 15 is 0 Å². The highest BCUT2D eigenvalue weighted by Gasteiger charge is 2.27. The van der Waals surface area contributed by atoms with Gasteiger partial charge in [-0.2, -0.15) is 0 Å². The molecule has 4 rings (SSSR count). The van der Waals surface area contributed by atoms with Crippen LogP contribution in [-0.2, 0) is 6.61 Å². The van der Waals surface area contributed by atoms with Gasteiger partial charge < -0.3 is 9.47 Å². The lowest BCUT2D eigenvalue weighted by atomic mass is 10.1. The van der Waals surface area contributed by atoms with Crippen LogP contribution in [0.2, 0.25) is 0 Å². The first kappa shape index (κ1) is 17.0. The highest BCUT2D eigenvalue weighted by atomic mass is 19.1. The number of carbonyl (C=O) groups is 1. The first-order valence-electron chi connectivity index (χ1n) is 8.61. The summed E-state index contributed by atoms with van der Waals surface area (Å²) < 4.78 is 24.5. The van der Waals surface area contributed by atoms with Gasteiger partial charge in [0.15, 0.2) is 5.76 Å². The zero-order valence-corrected chi connectivity index (χ0v) is 14.7. The van der Waals surface area contributed by atoms with Crippen molar-refractivity contribution in [1.82, 2.24) is 0 Å². The Morgan fingerprint density at radius 2 is 1.81 bits per heavy atom. The summed E-state index contributed by atoms with van der Waals surface area (Å²) in [7, 11) is 0. The fourth-order valence-electron chi connectivity index (χ4n) is 2.89. The summed E-state index contributed by atoms with van der Waals surface area (Å²) in [6.45, 7) is 2.29. The fraction of sp³-hybridized carbons (Fsp3) is 0.0870. The van der Waals surface area contributed by atoms with E-state index in [1.165, 1.54) is 12.1 Å². The number of hydrogen-bond donors (Lipinski definition) is 0. The van der Waals surface area contributed by atoms with Crippen molar-refractivity contribution in [1.29, 1.82) is 0 Å². The van der Waals surface area contributed by atoms with Gasteiger partial charge in [-0.05, 0) is 54.0 Å². The van der Waals surface area contributed by atoms with Crippen LogP contribution in [0.5, 0.6) is 11.5 Å². The Kier molecular flexibility index (Phi) is 4.47. The van der Waals surface area contributed by atoms with Crippen LogP contribution in [0.1, 0.15) is 27.0 Å². The summed E-state index contributed by atoms with van der Waals surface area (Å²) in [5, 5.41) is 0. The number of ketones is 1. The van der Waals surface area contributed by atoms with Gasteiger partial charge in [-0.3, -0.25) is 4.79 Å². The molecule has 134 valence electrons. The van der Waals surface area contributed by atoms with Crippen molar-refractivity contribution in [3.05, 3.63) is 101 Å². The Bertz CT molecular complexity index is 1040. The molecule has 0 fully saturated rings. The normalized spacial score (nSPS) is 14.1. The van der Waals surface area contributed by atoms with Crippen LogP contribution in [-0.4, -0.2) is 5.78 Å². The van der Waals surface area contributed by atoms with E-state index in [0.29, 0.717) is 29.4 Å². The zero-order chi connectivity index (χ0) is 18.8. The predicted octanol–water partition coefficient (Wildman–Crippen LogP) is 5.33. The molecule has 4 heteroatoms. The van der Waals surface area contributed by atoms with Crippen molar-refractivity contribution >= 4 is 11.9 Å². The van der Waals surface area contributed by atoms with E-state index in [0.717, 1.165) is 16.7 Å². The highest BCUT2D eigenvalue weighted by Crippen LogP contribution is 2.35. The minimum Gasteiger partial charge on any atom is -0.489 e. The van der Waals surface area contributed by atoms with Crippen LogP contribution in [0, 0.1) is 12.7 Å². The molecule has 0 saturated carbocycles. The zero-order valence-electron chi connectivity index (χ0n) is 14.7. The van der Waals surface area contributed by atoms with Crippen LogP contribution in [0.15, 0.2) is 72.5 Å². The molecule has 0 radical (unpaired) electrons. The number of ether oxygens (including phenoxy) is 2. The molecule has 0 saturated heterocycles. The number of halogens is 1.